The maximum atomic E-state index is 7.57. The number of aliphatic hydroxyl groups is 1. The van der Waals surface area contributed by atoms with E-state index in [4.69, 9.17) is 39.0 Å². The third-order valence-corrected chi connectivity index (χ3v) is 5.31. The molecule has 260 valence electrons. The van der Waals surface area contributed by atoms with Gasteiger partial charge >= 0.3 is 169 Å². The number of ether oxygens (including phenoxy) is 5. The third kappa shape index (κ3) is 175. The quantitative estimate of drug-likeness (QED) is 0.0921. The van der Waals surface area contributed by atoms with Crippen molar-refractivity contribution < 1.29 is 171 Å². The molecule has 0 rings (SSSR count). The second kappa shape index (κ2) is 98.8. The molecule has 0 spiro atoms. The summed E-state index contributed by atoms with van der Waals surface area (Å²) in [6, 6.07) is 0. The minimum Gasteiger partial charge on any atom is -0.870 e. The van der Waals surface area contributed by atoms with Crippen molar-refractivity contribution in [1.82, 2.24) is 0 Å². The Labute approximate surface area is 458 Å². The maximum Gasteiger partial charge on any atom is 1.00 e. The predicted octanol–water partition coefficient (Wildman–Crippen LogP) is -6.98. The van der Waals surface area contributed by atoms with Crippen LogP contribution in [0.25, 0.3) is 0 Å². The standard InChI is InChI=1S/C6H10O2S4.3C3H6OS2.C2H6O.CS2.CH4.I3.4Na.2H2O/c1-3-7-5(9)11-12-6(10)8-4-2;3*1-2-4-3(5)6;1-2-3;2-1-3;;1-3-2;;;;;;/h3-4H2,1-2H3;3*2H2,1H3,(H,5,6);3H,2H2,1H3;;1H4;;;;;;2*1H2/q;;;;;;;-1;4*+1;;/p-4. The van der Waals surface area contributed by atoms with E-state index in [0.717, 1.165) is 0 Å². The molecule has 0 aromatic rings. The molecule has 0 aliphatic rings. The number of aliphatic hydroxyl groups excluding tert-OH is 1. The topological polar surface area (TPSA) is 128 Å². The Balaban J connectivity index is -0.0000000223. The van der Waals surface area contributed by atoms with E-state index in [9.17, 15) is 0 Å². The van der Waals surface area contributed by atoms with Crippen molar-refractivity contribution >= 4 is 208 Å². The van der Waals surface area contributed by atoms with Gasteiger partial charge in [-0.1, -0.05) is 7.43 Å². The molecule has 4 N–H and O–H groups in total. The molecule has 8 nitrogen and oxygen atoms in total. The first-order valence-electron chi connectivity index (χ1n) is 9.92. The van der Waals surface area contributed by atoms with Gasteiger partial charge in [0.15, 0.2) is 0 Å². The maximum absolute atomic E-state index is 7.57. The second-order valence-electron chi connectivity index (χ2n) is 4.04. The van der Waals surface area contributed by atoms with Crippen molar-refractivity contribution in [3.8, 4) is 0 Å². The molecule has 0 amide bonds. The van der Waals surface area contributed by atoms with E-state index < -0.39 is 0 Å². The summed E-state index contributed by atoms with van der Waals surface area (Å²) in [6.45, 7) is 14.2. The number of hydrogen-bond donors (Lipinski definition) is 1. The van der Waals surface area contributed by atoms with E-state index in [1.807, 2.05) is 38.9 Å². The van der Waals surface area contributed by atoms with Gasteiger partial charge in [0.05, 0.1) is 33.0 Å². The van der Waals surface area contributed by atoms with Crippen molar-refractivity contribution in [3.63, 3.8) is 0 Å². The summed E-state index contributed by atoms with van der Waals surface area (Å²) in [5.41, 5.74) is 0. The van der Waals surface area contributed by atoms with E-state index in [2.05, 4.69) is 150 Å². The Morgan fingerprint density at radius 2 is 0.761 bits per heavy atom. The first-order chi connectivity index (χ1) is 18.3. The summed E-state index contributed by atoms with van der Waals surface area (Å²) >= 11 is 49.3. The molecule has 0 radical (unpaired) electrons. The van der Waals surface area contributed by atoms with Crippen LogP contribution < -0.4 is 131 Å². The van der Waals surface area contributed by atoms with Crippen LogP contribution in [-0.2, 0) is 61.6 Å². The zero-order valence-electron chi connectivity index (χ0n) is 26.7. The molecule has 0 heterocycles. The molecule has 0 aliphatic carbocycles. The van der Waals surface area contributed by atoms with Gasteiger partial charge in [0.2, 0.25) is 8.77 Å². The van der Waals surface area contributed by atoms with Gasteiger partial charge in [0.25, 0.3) is 0 Å². The molecule has 0 unspecified atom stereocenters. The number of hydrogen-bond acceptors (Lipinski definition) is 19. The van der Waals surface area contributed by atoms with Gasteiger partial charge in [0, 0.05) is 45.7 Å². The van der Waals surface area contributed by atoms with Crippen molar-refractivity contribution in [2.75, 3.05) is 39.6 Å². The van der Waals surface area contributed by atoms with E-state index in [1.54, 1.807) is 6.92 Å². The Kier molecular flexibility index (Phi) is 203. The number of rotatable bonds is 5. The zero-order chi connectivity index (χ0) is 32.5. The summed E-state index contributed by atoms with van der Waals surface area (Å²) in [6.07, 6.45) is 0. The normalized spacial score (nSPS) is 6.37. The van der Waals surface area contributed by atoms with Gasteiger partial charge in [0.1, 0.15) is 0 Å². The molecule has 27 heteroatoms. The summed E-state index contributed by atoms with van der Waals surface area (Å²) in [4.78, 5) is 0. The Morgan fingerprint density at radius 1 is 0.630 bits per heavy atom. The minimum atomic E-state index is 0. The molecule has 0 saturated carbocycles. The van der Waals surface area contributed by atoms with Gasteiger partial charge in [-0.25, -0.2) is 0 Å². The third-order valence-electron chi connectivity index (χ3n) is 1.49. The summed E-state index contributed by atoms with van der Waals surface area (Å²) in [7, 11) is 2.62. The van der Waals surface area contributed by atoms with Crippen LogP contribution in [0.5, 0.6) is 0 Å². The molecule has 0 aromatic heterocycles. The Bertz CT molecular complexity index is 570. The van der Waals surface area contributed by atoms with Gasteiger partial charge in [-0.15, -0.1) is 0 Å². The van der Waals surface area contributed by atoms with Gasteiger partial charge < -0.3 is 114 Å². The minimum absolute atomic E-state index is 0. The predicted molar refractivity (Wildman–Crippen MR) is 232 cm³/mol. The van der Waals surface area contributed by atoms with Crippen molar-refractivity contribution in [1.29, 1.82) is 0 Å². The summed E-state index contributed by atoms with van der Waals surface area (Å²) < 4.78 is 27.3. The molecule has 46 heavy (non-hydrogen) atoms. The molecule has 0 aliphatic heterocycles. The SMILES string of the molecule is C.CCO.CCOC(=S)SSC(=S)OCC.CCOC(=S)[S-].CCOC(=S)[S-].CCOC(=S)[S-].I[I-]I.O.S=C=S.[Na+].[Na+].[Na+].[Na+].[OH-]. The molecule has 0 aromatic carbocycles. The van der Waals surface area contributed by atoms with E-state index >= 15 is 0 Å². The van der Waals surface area contributed by atoms with Gasteiger partial charge in [-0.05, 0) is 90.4 Å². The van der Waals surface area contributed by atoms with Crippen LogP contribution in [0.3, 0.4) is 0 Å². The fourth-order valence-corrected chi connectivity index (χ4v) is 3.43. The van der Waals surface area contributed by atoms with Gasteiger partial charge in [-0.2, -0.15) is 0 Å². The van der Waals surface area contributed by atoms with Crippen LogP contribution in [0.1, 0.15) is 49.0 Å². The van der Waals surface area contributed by atoms with Gasteiger partial charge in [-0.3, -0.25) is 0 Å². The molecular weight excluding hydrogens is 1210 g/mol. The smallest absolute Gasteiger partial charge is 0.870 e. The van der Waals surface area contributed by atoms with Crippen LogP contribution in [0.2, 0.25) is 0 Å². The van der Waals surface area contributed by atoms with E-state index in [-0.39, 0.29) is 156 Å². The molecule has 0 bridgehead atoms. The fraction of sp³-hybridized carbons (Fsp3) is 0.684. The largest absolute Gasteiger partial charge is 1.00 e. The number of halogens is 3. The van der Waals surface area contributed by atoms with Crippen LogP contribution in [0.4, 0.5) is 0 Å². The molecule has 0 atom stereocenters. The first-order valence-corrected chi connectivity index (χ1v) is 28.7. The summed E-state index contributed by atoms with van der Waals surface area (Å²) in [5.74, 6) is 0. The van der Waals surface area contributed by atoms with Crippen molar-refractivity contribution in [2.45, 2.75) is 49.0 Å². The Hall–Kier alpha value is 7.10. The molecule has 0 saturated heterocycles. The first kappa shape index (κ1) is 94.3. The second-order valence-corrected chi connectivity index (χ2v) is 27.3. The van der Waals surface area contributed by atoms with Crippen molar-refractivity contribution in [2.24, 2.45) is 0 Å². The van der Waals surface area contributed by atoms with E-state index in [0.29, 0.717) is 55.1 Å². The average molecular weight is 1250 g/mol. The average Bonchev–Trinajstić information content (AvgIpc) is 2.81. The van der Waals surface area contributed by atoms with Crippen molar-refractivity contribution in [3.05, 3.63) is 0 Å². The number of thiocarbonyl (C=S) groups is 7. The molecular formula is C19H38I3Na4O8S12-. The summed E-state index contributed by atoms with van der Waals surface area (Å²) in [5, 5.41) is 7.57. The van der Waals surface area contributed by atoms with Crippen LogP contribution in [0, 0.1) is 0 Å². The zero-order valence-corrected chi connectivity index (χ0v) is 51.0. The van der Waals surface area contributed by atoms with Crippen LogP contribution >= 0.6 is 144 Å². The molecule has 0 fully saturated rings. The van der Waals surface area contributed by atoms with Crippen LogP contribution in [0.15, 0.2) is 0 Å². The Morgan fingerprint density at radius 3 is 0.826 bits per heavy atom. The van der Waals surface area contributed by atoms with E-state index in [1.165, 1.54) is 21.6 Å². The monoisotopic (exact) mass is 1250 g/mol. The van der Waals surface area contributed by atoms with Crippen LogP contribution in [-0.4, -0.2) is 81.9 Å². The fourth-order valence-electron chi connectivity index (χ4n) is 0.705.